The molecule has 0 saturated carbocycles. The average molecular weight is 464 g/mol. The first-order valence-corrected chi connectivity index (χ1v) is 11.1. The Morgan fingerprint density at radius 1 is 0.968 bits per heavy atom. The number of carbonyl (C=O) groups is 1. The van der Waals surface area contributed by atoms with Crippen molar-refractivity contribution >= 4 is 30.7 Å². The van der Waals surface area contributed by atoms with E-state index in [1.807, 2.05) is 12.1 Å². The summed E-state index contributed by atoms with van der Waals surface area (Å²) in [6.45, 7) is 5.44. The minimum atomic E-state index is 0. The summed E-state index contributed by atoms with van der Waals surface area (Å²) in [6.07, 6.45) is 5.47. The molecule has 0 aliphatic carbocycles. The molecule has 1 amide bonds. The maximum atomic E-state index is 12.8. The molecule has 1 unspecified atom stereocenters. The Morgan fingerprint density at radius 2 is 1.71 bits per heavy atom. The maximum absolute atomic E-state index is 12.8. The molecule has 2 N–H and O–H groups in total. The van der Waals surface area contributed by atoms with Gasteiger partial charge in [0, 0.05) is 31.2 Å². The molecular formula is C25H35Cl2N3O. The lowest BCUT2D eigenvalue weighted by Crippen LogP contribution is -2.45. The topological polar surface area (TPSA) is 44.4 Å². The molecule has 2 aliphatic heterocycles. The fraction of sp³-hybridized carbons (Fsp3) is 0.480. The van der Waals surface area contributed by atoms with Crippen molar-refractivity contribution in [3.05, 3.63) is 71.3 Å². The summed E-state index contributed by atoms with van der Waals surface area (Å²) in [5.41, 5.74) is 3.48. The highest BCUT2D eigenvalue weighted by atomic mass is 35.5. The Bertz CT molecular complexity index is 788. The number of hydrogen-bond acceptors (Lipinski definition) is 3. The number of benzene rings is 2. The Balaban J connectivity index is 0.00000171. The van der Waals surface area contributed by atoms with Crippen LogP contribution in [-0.4, -0.2) is 49.6 Å². The van der Waals surface area contributed by atoms with Gasteiger partial charge in [-0.25, -0.2) is 0 Å². The monoisotopic (exact) mass is 463 g/mol. The molecule has 1 atom stereocenters. The van der Waals surface area contributed by atoms with Crippen LogP contribution in [0, 0.1) is 5.92 Å². The summed E-state index contributed by atoms with van der Waals surface area (Å²) in [6, 6.07) is 19.2. The van der Waals surface area contributed by atoms with Gasteiger partial charge in [0.1, 0.15) is 0 Å². The van der Waals surface area contributed by atoms with E-state index in [2.05, 4.69) is 58.0 Å². The summed E-state index contributed by atoms with van der Waals surface area (Å²) in [4.78, 5) is 15.3. The van der Waals surface area contributed by atoms with Crippen molar-refractivity contribution in [2.75, 3.05) is 32.7 Å². The predicted octanol–water partition coefficient (Wildman–Crippen LogP) is 4.12. The first kappa shape index (κ1) is 25.7. The van der Waals surface area contributed by atoms with Gasteiger partial charge in [0.25, 0.3) is 5.91 Å². The molecule has 0 spiro atoms. The van der Waals surface area contributed by atoms with Crippen molar-refractivity contribution in [2.45, 2.75) is 38.1 Å². The lowest BCUT2D eigenvalue weighted by molar-refractivity contribution is 0.0911. The van der Waals surface area contributed by atoms with Crippen LogP contribution in [0.1, 0.15) is 40.7 Å². The summed E-state index contributed by atoms with van der Waals surface area (Å²) in [5.74, 6) is 0.785. The second-order valence-corrected chi connectivity index (χ2v) is 8.59. The van der Waals surface area contributed by atoms with Crippen LogP contribution in [0.25, 0.3) is 0 Å². The maximum Gasteiger partial charge on any atom is 0.251 e. The number of piperidine rings is 1. The van der Waals surface area contributed by atoms with Crippen LogP contribution in [0.3, 0.4) is 0 Å². The van der Waals surface area contributed by atoms with Gasteiger partial charge in [-0.2, -0.15) is 0 Å². The largest absolute Gasteiger partial charge is 0.349 e. The second-order valence-electron chi connectivity index (χ2n) is 8.59. The number of rotatable bonds is 7. The Kier molecular flexibility index (Phi) is 10.8. The predicted molar refractivity (Wildman–Crippen MR) is 133 cm³/mol. The molecule has 2 aromatic carbocycles. The molecule has 2 saturated heterocycles. The minimum Gasteiger partial charge on any atom is -0.349 e. The molecule has 0 radical (unpaired) electrons. The molecule has 2 aromatic rings. The van der Waals surface area contributed by atoms with Crippen LogP contribution < -0.4 is 10.6 Å². The third-order valence-corrected chi connectivity index (χ3v) is 6.36. The van der Waals surface area contributed by atoms with Crippen LogP contribution in [-0.2, 0) is 12.8 Å². The van der Waals surface area contributed by atoms with Gasteiger partial charge < -0.3 is 15.5 Å². The second kappa shape index (κ2) is 13.1. The highest BCUT2D eigenvalue weighted by molar-refractivity contribution is 5.94. The van der Waals surface area contributed by atoms with E-state index in [1.54, 1.807) is 0 Å². The average Bonchev–Trinajstić information content (AvgIpc) is 3.27. The zero-order valence-corrected chi connectivity index (χ0v) is 19.7. The summed E-state index contributed by atoms with van der Waals surface area (Å²) < 4.78 is 0. The molecule has 2 fully saturated rings. The zero-order valence-electron chi connectivity index (χ0n) is 18.1. The van der Waals surface area contributed by atoms with Crippen LogP contribution in [0.2, 0.25) is 0 Å². The first-order valence-electron chi connectivity index (χ1n) is 11.1. The van der Waals surface area contributed by atoms with Crippen molar-refractivity contribution < 1.29 is 4.79 Å². The number of hydrogen-bond donors (Lipinski definition) is 2. The number of nitrogens with one attached hydrogen (secondary N) is 2. The molecule has 0 aromatic heterocycles. The van der Waals surface area contributed by atoms with Crippen LogP contribution >= 0.6 is 24.8 Å². The van der Waals surface area contributed by atoms with Crippen LogP contribution in [0.5, 0.6) is 0 Å². The van der Waals surface area contributed by atoms with Gasteiger partial charge in [-0.1, -0.05) is 42.5 Å². The van der Waals surface area contributed by atoms with E-state index in [9.17, 15) is 4.79 Å². The number of likely N-dealkylation sites (tertiary alicyclic amines) is 1. The third-order valence-electron chi connectivity index (χ3n) is 6.36. The van der Waals surface area contributed by atoms with E-state index in [-0.39, 0.29) is 36.8 Å². The van der Waals surface area contributed by atoms with Gasteiger partial charge in [0.15, 0.2) is 0 Å². The standard InChI is InChI=1S/C25H33N3O.2ClH/c29-25(23-8-4-7-21(18-23)17-22-9-13-26-19-22)27-24-11-15-28(16-12-24)14-10-20-5-2-1-3-6-20;;/h1-8,18,22,24,26H,9-17,19H2,(H,27,29);2*1H. The van der Waals surface area contributed by atoms with Crippen molar-refractivity contribution in [1.82, 2.24) is 15.5 Å². The number of halogens is 2. The lowest BCUT2D eigenvalue weighted by atomic mass is 9.97. The number of nitrogens with zero attached hydrogens (tertiary/aromatic N) is 1. The van der Waals surface area contributed by atoms with Gasteiger partial charge in [-0.15, -0.1) is 24.8 Å². The van der Waals surface area contributed by atoms with Gasteiger partial charge >= 0.3 is 0 Å². The molecule has 6 heteroatoms. The zero-order chi connectivity index (χ0) is 19.9. The summed E-state index contributed by atoms with van der Waals surface area (Å²) in [7, 11) is 0. The molecule has 2 heterocycles. The quantitative estimate of drug-likeness (QED) is 0.648. The molecule has 4 nitrogen and oxygen atoms in total. The Labute approximate surface area is 199 Å². The smallest absolute Gasteiger partial charge is 0.251 e. The SMILES string of the molecule is Cl.Cl.O=C(NC1CCN(CCc2ccccc2)CC1)c1cccc(CC2CCNC2)c1. The van der Waals surface area contributed by atoms with Gasteiger partial charge in [-0.05, 0) is 74.4 Å². The fourth-order valence-corrected chi connectivity index (χ4v) is 4.56. The van der Waals surface area contributed by atoms with Crippen molar-refractivity contribution in [1.29, 1.82) is 0 Å². The molecular weight excluding hydrogens is 429 g/mol. The molecule has 0 bridgehead atoms. The first-order chi connectivity index (χ1) is 14.3. The Hall–Kier alpha value is -1.59. The molecule has 170 valence electrons. The number of carbonyl (C=O) groups excluding carboxylic acids is 1. The minimum absolute atomic E-state index is 0. The van der Waals surface area contributed by atoms with Gasteiger partial charge in [0.2, 0.25) is 0 Å². The van der Waals surface area contributed by atoms with Crippen LogP contribution in [0.15, 0.2) is 54.6 Å². The highest BCUT2D eigenvalue weighted by Crippen LogP contribution is 2.17. The Morgan fingerprint density at radius 3 is 2.42 bits per heavy atom. The lowest BCUT2D eigenvalue weighted by Gasteiger charge is -2.32. The van der Waals surface area contributed by atoms with E-state index in [0.717, 1.165) is 64.0 Å². The summed E-state index contributed by atoms with van der Waals surface area (Å²) >= 11 is 0. The fourth-order valence-electron chi connectivity index (χ4n) is 4.56. The van der Waals surface area contributed by atoms with Gasteiger partial charge in [-0.3, -0.25) is 4.79 Å². The van der Waals surface area contributed by atoms with E-state index >= 15 is 0 Å². The van der Waals surface area contributed by atoms with Gasteiger partial charge in [0.05, 0.1) is 0 Å². The van der Waals surface area contributed by atoms with E-state index < -0.39 is 0 Å². The van der Waals surface area contributed by atoms with Crippen molar-refractivity contribution in [2.24, 2.45) is 5.92 Å². The highest BCUT2D eigenvalue weighted by Gasteiger charge is 2.21. The van der Waals surface area contributed by atoms with Crippen molar-refractivity contribution in [3.8, 4) is 0 Å². The number of amides is 1. The molecule has 4 rings (SSSR count). The third kappa shape index (κ3) is 7.80. The molecule has 31 heavy (non-hydrogen) atoms. The van der Waals surface area contributed by atoms with E-state index in [1.165, 1.54) is 17.5 Å². The summed E-state index contributed by atoms with van der Waals surface area (Å²) in [5, 5.41) is 6.70. The van der Waals surface area contributed by atoms with E-state index in [4.69, 9.17) is 0 Å². The van der Waals surface area contributed by atoms with Crippen molar-refractivity contribution in [3.63, 3.8) is 0 Å². The van der Waals surface area contributed by atoms with E-state index in [0.29, 0.717) is 5.92 Å². The normalized spacial score (nSPS) is 19.3. The van der Waals surface area contributed by atoms with Crippen LogP contribution in [0.4, 0.5) is 0 Å². The molecule has 2 aliphatic rings.